The molecule has 3 saturated heterocycles. The smallest absolute Gasteiger partial charge is 0.243 e. The van der Waals surface area contributed by atoms with Crippen molar-refractivity contribution >= 4 is 17.7 Å². The minimum Gasteiger partial charge on any atom is -0.381 e. The standard InChI is InChI=1S/C30H42N4O5/c35-27(34-14-18-39-19-15-34)22-33-13-9-25-24(21-33)8-4-5-10-30(11-16-38-17-12-30)29(37)32-26(28(36)31-25)20-23-6-2-1-3-7-23/h1-7,24-26H,8-22H2,(H,31,36)(H,32,37)/b5-4+/t24-,25+,26-/m1/s1. The van der Waals surface area contributed by atoms with Gasteiger partial charge in [-0.1, -0.05) is 42.5 Å². The van der Waals surface area contributed by atoms with Gasteiger partial charge in [-0.3, -0.25) is 19.3 Å². The molecule has 9 nitrogen and oxygen atoms in total. The average molecular weight is 539 g/mol. The summed E-state index contributed by atoms with van der Waals surface area (Å²) in [6.07, 6.45) is 8.26. The molecule has 39 heavy (non-hydrogen) atoms. The number of carbonyl (C=O) groups excluding carboxylic acids is 3. The van der Waals surface area contributed by atoms with E-state index in [2.05, 4.69) is 27.7 Å². The predicted octanol–water partition coefficient (Wildman–Crippen LogP) is 1.53. The number of nitrogens with one attached hydrogen (secondary N) is 2. The van der Waals surface area contributed by atoms with Gasteiger partial charge in [-0.25, -0.2) is 0 Å². The zero-order chi connectivity index (χ0) is 27.1. The van der Waals surface area contributed by atoms with Crippen molar-refractivity contribution < 1.29 is 23.9 Å². The van der Waals surface area contributed by atoms with E-state index in [4.69, 9.17) is 9.47 Å². The van der Waals surface area contributed by atoms with Crippen molar-refractivity contribution in [2.45, 2.75) is 50.6 Å². The number of morpholine rings is 1. The van der Waals surface area contributed by atoms with Crippen molar-refractivity contribution in [1.29, 1.82) is 0 Å². The summed E-state index contributed by atoms with van der Waals surface area (Å²) in [6, 6.07) is 9.20. The van der Waals surface area contributed by atoms with E-state index in [1.165, 1.54) is 0 Å². The molecule has 3 fully saturated rings. The van der Waals surface area contributed by atoms with Crippen molar-refractivity contribution in [3.63, 3.8) is 0 Å². The van der Waals surface area contributed by atoms with Crippen LogP contribution in [0, 0.1) is 11.3 Å². The lowest BCUT2D eigenvalue weighted by Gasteiger charge is -2.41. The van der Waals surface area contributed by atoms with Crippen LogP contribution in [0.1, 0.15) is 37.7 Å². The molecule has 4 aliphatic heterocycles. The van der Waals surface area contributed by atoms with E-state index in [0.717, 1.165) is 31.5 Å². The molecule has 1 aromatic rings. The van der Waals surface area contributed by atoms with Crippen molar-refractivity contribution in [2.24, 2.45) is 11.3 Å². The van der Waals surface area contributed by atoms with Crippen molar-refractivity contribution in [2.75, 3.05) is 59.2 Å². The largest absolute Gasteiger partial charge is 0.381 e. The van der Waals surface area contributed by atoms with Crippen LogP contribution in [-0.4, -0.2) is 98.8 Å². The van der Waals surface area contributed by atoms with Gasteiger partial charge in [-0.2, -0.15) is 0 Å². The lowest BCUT2D eigenvalue weighted by molar-refractivity contribution is -0.140. The van der Waals surface area contributed by atoms with Gasteiger partial charge in [0.05, 0.1) is 25.2 Å². The minimum atomic E-state index is -0.649. The summed E-state index contributed by atoms with van der Waals surface area (Å²) in [4.78, 5) is 44.4. The van der Waals surface area contributed by atoms with Crippen LogP contribution in [0.3, 0.4) is 0 Å². The third-order valence-corrected chi connectivity index (χ3v) is 8.82. The Morgan fingerprint density at radius 3 is 2.46 bits per heavy atom. The van der Waals surface area contributed by atoms with Gasteiger partial charge < -0.3 is 25.0 Å². The molecule has 9 heteroatoms. The Morgan fingerprint density at radius 2 is 1.69 bits per heavy atom. The van der Waals surface area contributed by atoms with Gasteiger partial charge in [0.15, 0.2) is 0 Å². The Kier molecular flexibility index (Phi) is 9.32. The number of allylic oxidation sites excluding steroid dienone is 2. The molecule has 2 N–H and O–H groups in total. The first-order valence-electron chi connectivity index (χ1n) is 14.5. The first-order chi connectivity index (χ1) is 19.0. The molecule has 0 radical (unpaired) electrons. The summed E-state index contributed by atoms with van der Waals surface area (Å²) in [5.74, 6) is 0.151. The second-order valence-electron chi connectivity index (χ2n) is 11.4. The summed E-state index contributed by atoms with van der Waals surface area (Å²) in [7, 11) is 0. The monoisotopic (exact) mass is 538 g/mol. The van der Waals surface area contributed by atoms with Crippen molar-refractivity contribution in [3.05, 3.63) is 48.0 Å². The Morgan fingerprint density at radius 1 is 0.949 bits per heavy atom. The van der Waals surface area contributed by atoms with Gasteiger partial charge in [-0.05, 0) is 43.6 Å². The van der Waals surface area contributed by atoms with Gasteiger partial charge in [0.2, 0.25) is 17.7 Å². The van der Waals surface area contributed by atoms with E-state index >= 15 is 0 Å². The molecule has 0 unspecified atom stereocenters. The summed E-state index contributed by atoms with van der Waals surface area (Å²) in [5, 5.41) is 6.45. The number of carbonyl (C=O) groups is 3. The highest BCUT2D eigenvalue weighted by atomic mass is 16.5. The summed E-state index contributed by atoms with van der Waals surface area (Å²) in [5.41, 5.74) is 0.449. The number of fused-ring (bicyclic) bond motifs is 1. The highest BCUT2D eigenvalue weighted by Gasteiger charge is 2.41. The van der Waals surface area contributed by atoms with E-state index in [9.17, 15) is 14.4 Å². The third kappa shape index (κ3) is 7.07. The zero-order valence-electron chi connectivity index (χ0n) is 22.8. The molecule has 0 aliphatic carbocycles. The molecule has 0 bridgehead atoms. The normalized spacial score (nSPS) is 29.3. The number of nitrogens with zero attached hydrogens (tertiary/aromatic N) is 2. The first kappa shape index (κ1) is 27.8. The molecule has 4 heterocycles. The van der Waals surface area contributed by atoms with E-state index in [1.807, 2.05) is 35.2 Å². The van der Waals surface area contributed by atoms with Crippen LogP contribution in [0.4, 0.5) is 0 Å². The molecule has 4 aliphatic rings. The van der Waals surface area contributed by atoms with Crippen LogP contribution in [0.25, 0.3) is 0 Å². The molecule has 212 valence electrons. The number of piperidine rings is 1. The van der Waals surface area contributed by atoms with Crippen LogP contribution in [0.5, 0.6) is 0 Å². The predicted molar refractivity (Wildman–Crippen MR) is 147 cm³/mol. The lowest BCUT2D eigenvalue weighted by Crippen LogP contribution is -2.58. The maximum Gasteiger partial charge on any atom is 0.243 e. The third-order valence-electron chi connectivity index (χ3n) is 8.82. The molecular formula is C30H42N4O5. The van der Waals surface area contributed by atoms with Crippen molar-refractivity contribution in [1.82, 2.24) is 20.4 Å². The number of benzene rings is 1. The molecule has 3 amide bonds. The number of amides is 3. The quantitative estimate of drug-likeness (QED) is 0.564. The molecule has 5 rings (SSSR count). The van der Waals surface area contributed by atoms with E-state index in [-0.39, 0.29) is 29.7 Å². The number of ether oxygens (including phenoxy) is 2. The molecular weight excluding hydrogens is 496 g/mol. The Hall–Kier alpha value is -2.75. The minimum absolute atomic E-state index is 0.0106. The number of rotatable bonds is 4. The maximum absolute atomic E-state index is 13.7. The second-order valence-corrected chi connectivity index (χ2v) is 11.4. The highest BCUT2D eigenvalue weighted by Crippen LogP contribution is 2.36. The van der Waals surface area contributed by atoms with E-state index in [0.29, 0.717) is 71.7 Å². The van der Waals surface area contributed by atoms with Gasteiger partial charge in [0.25, 0.3) is 0 Å². The zero-order valence-corrected chi connectivity index (χ0v) is 22.8. The summed E-state index contributed by atoms with van der Waals surface area (Å²) in [6.45, 7) is 5.50. The first-order valence-corrected chi connectivity index (χ1v) is 14.5. The number of likely N-dealkylation sites (tertiary alicyclic amines) is 1. The Balaban J connectivity index is 1.33. The highest BCUT2D eigenvalue weighted by molar-refractivity contribution is 5.90. The number of hydrogen-bond acceptors (Lipinski definition) is 6. The molecule has 3 atom stereocenters. The Labute approximate surface area is 231 Å². The van der Waals surface area contributed by atoms with Gasteiger partial charge >= 0.3 is 0 Å². The lowest BCUT2D eigenvalue weighted by atomic mass is 9.75. The van der Waals surface area contributed by atoms with Crippen LogP contribution >= 0.6 is 0 Å². The molecule has 0 aromatic heterocycles. The van der Waals surface area contributed by atoms with Crippen LogP contribution < -0.4 is 10.6 Å². The molecule has 1 aromatic carbocycles. The topological polar surface area (TPSA) is 100 Å². The average Bonchev–Trinajstić information content (AvgIpc) is 2.97. The van der Waals surface area contributed by atoms with Crippen LogP contribution in [-0.2, 0) is 30.3 Å². The van der Waals surface area contributed by atoms with Gasteiger partial charge in [0.1, 0.15) is 6.04 Å². The maximum atomic E-state index is 13.7. The molecule has 0 saturated carbocycles. The van der Waals surface area contributed by atoms with Gasteiger partial charge in [0, 0.05) is 51.9 Å². The second kappa shape index (κ2) is 13.1. The summed E-state index contributed by atoms with van der Waals surface area (Å²) < 4.78 is 11.0. The Bertz CT molecular complexity index is 1020. The van der Waals surface area contributed by atoms with Crippen molar-refractivity contribution in [3.8, 4) is 0 Å². The SMILES string of the molecule is O=C1N[C@H]2CCN(CC(=O)N3CCOCC3)C[C@H]2C/C=C/CC2(CCOCC2)C(=O)N[C@@H]1Cc1ccccc1. The van der Waals surface area contributed by atoms with Crippen LogP contribution in [0.15, 0.2) is 42.5 Å². The molecule has 1 spiro atoms. The summed E-state index contributed by atoms with van der Waals surface area (Å²) >= 11 is 0. The fourth-order valence-corrected chi connectivity index (χ4v) is 6.30. The van der Waals surface area contributed by atoms with E-state index < -0.39 is 11.5 Å². The van der Waals surface area contributed by atoms with Crippen LogP contribution in [0.2, 0.25) is 0 Å². The fraction of sp³-hybridized carbons (Fsp3) is 0.633. The number of hydrogen-bond donors (Lipinski definition) is 2. The van der Waals surface area contributed by atoms with Gasteiger partial charge in [-0.15, -0.1) is 0 Å². The van der Waals surface area contributed by atoms with E-state index in [1.54, 1.807) is 0 Å². The fourth-order valence-electron chi connectivity index (χ4n) is 6.30.